The number of thioether (sulfide) groups is 1. The average Bonchev–Trinajstić information content (AvgIpc) is 2.98. The lowest BCUT2D eigenvalue weighted by Crippen LogP contribution is -1.97. The number of fused-ring (bicyclic) bond motifs is 2. The number of rotatable bonds is 3. The van der Waals surface area contributed by atoms with Crippen LogP contribution >= 0.6 is 11.8 Å². The molecule has 7 heteroatoms. The Kier molecular flexibility index (Phi) is 3.65. The van der Waals surface area contributed by atoms with E-state index in [1.54, 1.807) is 28.9 Å². The number of nitrogens with zero attached hydrogens (tertiary/aromatic N) is 5. The monoisotopic (exact) mass is 339 g/mol. The second-order valence-corrected chi connectivity index (χ2v) is 6.48. The minimum Gasteiger partial charge on any atom is -0.256 e. The lowest BCUT2D eigenvalue weighted by atomic mass is 10.1. The molecule has 4 aromatic rings. The summed E-state index contributed by atoms with van der Waals surface area (Å²) in [5.74, 6) is 0.952. The van der Waals surface area contributed by atoms with Crippen LogP contribution in [-0.4, -0.2) is 24.6 Å². The van der Waals surface area contributed by atoms with Crippen LogP contribution in [0.5, 0.6) is 0 Å². The molecular weight excluding hydrogens is 325 g/mol. The maximum Gasteiger partial charge on any atom is 0.253 e. The van der Waals surface area contributed by atoms with E-state index in [0.29, 0.717) is 27.6 Å². The van der Waals surface area contributed by atoms with E-state index in [0.717, 1.165) is 17.0 Å². The minimum absolute atomic E-state index is 0.256. The van der Waals surface area contributed by atoms with E-state index in [1.807, 2.05) is 19.9 Å². The van der Waals surface area contributed by atoms with E-state index in [-0.39, 0.29) is 5.82 Å². The summed E-state index contributed by atoms with van der Waals surface area (Å²) in [6, 6.07) is 8.69. The van der Waals surface area contributed by atoms with Gasteiger partial charge in [0, 0.05) is 28.7 Å². The van der Waals surface area contributed by atoms with E-state index in [1.165, 1.54) is 17.8 Å². The van der Waals surface area contributed by atoms with Gasteiger partial charge in [-0.3, -0.25) is 4.98 Å². The van der Waals surface area contributed by atoms with Crippen molar-refractivity contribution < 1.29 is 4.39 Å². The molecule has 0 aliphatic carbocycles. The first kappa shape index (κ1) is 15.0. The van der Waals surface area contributed by atoms with Crippen LogP contribution in [0.15, 0.2) is 41.7 Å². The summed E-state index contributed by atoms with van der Waals surface area (Å²) < 4.78 is 15.6. The molecule has 0 fully saturated rings. The van der Waals surface area contributed by atoms with Crippen molar-refractivity contribution in [1.82, 2.24) is 24.6 Å². The van der Waals surface area contributed by atoms with Crippen molar-refractivity contribution in [3.8, 4) is 0 Å². The van der Waals surface area contributed by atoms with Gasteiger partial charge < -0.3 is 0 Å². The Hall–Kier alpha value is -2.54. The zero-order valence-electron chi connectivity index (χ0n) is 13.2. The molecule has 4 rings (SSSR count). The number of benzene rings is 1. The number of aryl methyl sites for hydroxylation is 2. The van der Waals surface area contributed by atoms with Gasteiger partial charge in [0.1, 0.15) is 5.82 Å². The number of halogens is 1. The zero-order valence-corrected chi connectivity index (χ0v) is 14.0. The molecule has 0 bridgehead atoms. The Morgan fingerprint density at radius 1 is 1.17 bits per heavy atom. The van der Waals surface area contributed by atoms with Gasteiger partial charge in [0.25, 0.3) is 5.78 Å². The molecule has 0 atom stereocenters. The summed E-state index contributed by atoms with van der Waals surface area (Å²) in [4.78, 5) is 13.2. The van der Waals surface area contributed by atoms with E-state index >= 15 is 0 Å². The third kappa shape index (κ3) is 2.60. The molecule has 0 spiro atoms. The van der Waals surface area contributed by atoms with Gasteiger partial charge in [0.15, 0.2) is 0 Å². The summed E-state index contributed by atoms with van der Waals surface area (Å²) in [5, 5.41) is 5.65. The molecule has 0 aliphatic rings. The van der Waals surface area contributed by atoms with E-state index in [9.17, 15) is 4.39 Å². The standard InChI is InChI=1S/C17H14FN5S/c1-10-8-11(2)23-16(20-10)21-17(22-23)24-9-12-5-6-14(18)13-4-3-7-19-15(12)13/h3-8H,9H2,1-2H3. The van der Waals surface area contributed by atoms with Crippen LogP contribution in [0, 0.1) is 19.7 Å². The summed E-state index contributed by atoms with van der Waals surface area (Å²) >= 11 is 1.49. The first-order valence-electron chi connectivity index (χ1n) is 7.48. The third-order valence-electron chi connectivity index (χ3n) is 3.76. The van der Waals surface area contributed by atoms with Crippen molar-refractivity contribution in [3.63, 3.8) is 0 Å². The Bertz CT molecular complexity index is 1060. The molecule has 0 aliphatic heterocycles. The molecule has 0 amide bonds. The fraction of sp³-hybridized carbons (Fsp3) is 0.176. The zero-order chi connectivity index (χ0) is 16.7. The van der Waals surface area contributed by atoms with Crippen molar-refractivity contribution in [2.24, 2.45) is 0 Å². The van der Waals surface area contributed by atoms with Gasteiger partial charge in [-0.2, -0.15) is 4.98 Å². The number of hydrogen-bond acceptors (Lipinski definition) is 5. The van der Waals surface area contributed by atoms with Crippen LogP contribution in [0.3, 0.4) is 0 Å². The fourth-order valence-electron chi connectivity index (χ4n) is 2.66. The maximum atomic E-state index is 13.9. The second-order valence-electron chi connectivity index (χ2n) is 5.54. The first-order chi connectivity index (χ1) is 11.6. The third-order valence-corrected chi connectivity index (χ3v) is 4.64. The van der Waals surface area contributed by atoms with Crippen molar-refractivity contribution in [1.29, 1.82) is 0 Å². The SMILES string of the molecule is Cc1cc(C)n2nc(SCc3ccc(F)c4cccnc34)nc2n1. The summed E-state index contributed by atoms with van der Waals surface area (Å²) in [7, 11) is 0. The van der Waals surface area contributed by atoms with Gasteiger partial charge in [-0.05, 0) is 43.7 Å². The second kappa shape index (κ2) is 5.83. The minimum atomic E-state index is -0.256. The summed E-state index contributed by atoms with van der Waals surface area (Å²) in [5.41, 5.74) is 3.54. The highest BCUT2D eigenvalue weighted by Gasteiger charge is 2.11. The normalized spacial score (nSPS) is 11.5. The van der Waals surface area contributed by atoms with Crippen LogP contribution in [0.2, 0.25) is 0 Å². The van der Waals surface area contributed by atoms with Gasteiger partial charge in [-0.15, -0.1) is 5.10 Å². The van der Waals surface area contributed by atoms with Gasteiger partial charge in [0.2, 0.25) is 5.16 Å². The molecule has 5 nitrogen and oxygen atoms in total. The Balaban J connectivity index is 1.66. The van der Waals surface area contributed by atoms with Gasteiger partial charge in [-0.25, -0.2) is 13.9 Å². The van der Waals surface area contributed by atoms with Crippen LogP contribution in [0.4, 0.5) is 4.39 Å². The number of hydrogen-bond donors (Lipinski definition) is 0. The molecule has 0 radical (unpaired) electrons. The van der Waals surface area contributed by atoms with Crippen LogP contribution < -0.4 is 0 Å². The number of aromatic nitrogens is 5. The molecule has 1 aromatic carbocycles. The van der Waals surface area contributed by atoms with E-state index in [4.69, 9.17) is 0 Å². The Morgan fingerprint density at radius 3 is 2.92 bits per heavy atom. The predicted molar refractivity (Wildman–Crippen MR) is 91.5 cm³/mol. The van der Waals surface area contributed by atoms with Crippen molar-refractivity contribution >= 4 is 28.4 Å². The maximum absolute atomic E-state index is 13.9. The highest BCUT2D eigenvalue weighted by Crippen LogP contribution is 2.26. The number of pyridine rings is 1. The predicted octanol–water partition coefficient (Wildman–Crippen LogP) is 3.72. The molecule has 0 N–H and O–H groups in total. The smallest absolute Gasteiger partial charge is 0.253 e. The van der Waals surface area contributed by atoms with Crippen molar-refractivity contribution in [3.05, 3.63) is 59.3 Å². The highest BCUT2D eigenvalue weighted by molar-refractivity contribution is 7.98. The topological polar surface area (TPSA) is 56.0 Å². The largest absolute Gasteiger partial charge is 0.256 e. The molecular formula is C17H14FN5S. The van der Waals surface area contributed by atoms with Gasteiger partial charge in [-0.1, -0.05) is 17.8 Å². The fourth-order valence-corrected chi connectivity index (χ4v) is 3.47. The molecule has 0 saturated heterocycles. The molecule has 24 heavy (non-hydrogen) atoms. The Morgan fingerprint density at radius 2 is 2.04 bits per heavy atom. The lowest BCUT2D eigenvalue weighted by Gasteiger charge is -2.04. The van der Waals surface area contributed by atoms with Crippen molar-refractivity contribution in [2.45, 2.75) is 24.8 Å². The van der Waals surface area contributed by atoms with Crippen molar-refractivity contribution in [2.75, 3.05) is 0 Å². The van der Waals surface area contributed by atoms with E-state index < -0.39 is 0 Å². The molecule has 120 valence electrons. The molecule has 3 aromatic heterocycles. The summed E-state index contributed by atoms with van der Waals surface area (Å²) in [6.45, 7) is 3.91. The summed E-state index contributed by atoms with van der Waals surface area (Å²) in [6.07, 6.45) is 1.68. The molecule has 3 heterocycles. The quantitative estimate of drug-likeness (QED) is 0.533. The van der Waals surface area contributed by atoms with Crippen LogP contribution in [0.25, 0.3) is 16.7 Å². The van der Waals surface area contributed by atoms with Gasteiger partial charge >= 0.3 is 0 Å². The molecule has 0 saturated carbocycles. The Labute approximate surface area is 142 Å². The first-order valence-corrected chi connectivity index (χ1v) is 8.46. The average molecular weight is 339 g/mol. The van der Waals surface area contributed by atoms with E-state index in [2.05, 4.69) is 20.1 Å². The highest BCUT2D eigenvalue weighted by atomic mass is 32.2. The van der Waals surface area contributed by atoms with Crippen LogP contribution in [-0.2, 0) is 5.75 Å². The van der Waals surface area contributed by atoms with Gasteiger partial charge in [0.05, 0.1) is 5.52 Å². The lowest BCUT2D eigenvalue weighted by molar-refractivity contribution is 0.639. The molecule has 0 unspecified atom stereocenters. The van der Waals surface area contributed by atoms with Crippen LogP contribution in [0.1, 0.15) is 17.0 Å².